The Bertz CT molecular complexity index is 848. The first kappa shape index (κ1) is 11.1. The number of para-hydroxylation sites is 1. The summed E-state index contributed by atoms with van der Waals surface area (Å²) < 4.78 is 5.85. The zero-order valence-corrected chi connectivity index (χ0v) is 10.7. The van der Waals surface area contributed by atoms with Crippen molar-refractivity contribution in [1.82, 2.24) is 5.43 Å². The number of amides is 1. The summed E-state index contributed by atoms with van der Waals surface area (Å²) in [7, 11) is 0. The van der Waals surface area contributed by atoms with Gasteiger partial charge in [0.25, 0.3) is 0 Å². The standard InChI is InChI=1S/C16H12N2O2/c19-16-6-3-9-18(17-16)11-7-8-13-12-4-1-2-5-14(12)20-15(13)10-11/h1-5,7-10H,6H2,(H,17,19). The SMILES string of the molecule is O=C1CC=CN(c2ccc3c(c2)oc2ccccc23)N1. The predicted octanol–water partition coefficient (Wildman–Crippen LogP) is 3.34. The van der Waals surface area contributed by atoms with Gasteiger partial charge in [0.05, 0.1) is 5.69 Å². The summed E-state index contributed by atoms with van der Waals surface area (Å²) in [5.74, 6) is -0.0165. The molecule has 0 radical (unpaired) electrons. The monoisotopic (exact) mass is 264 g/mol. The molecule has 98 valence electrons. The van der Waals surface area contributed by atoms with E-state index in [1.807, 2.05) is 54.7 Å². The molecule has 1 N–H and O–H groups in total. The van der Waals surface area contributed by atoms with Gasteiger partial charge in [0.1, 0.15) is 11.2 Å². The van der Waals surface area contributed by atoms with Crippen LogP contribution < -0.4 is 10.4 Å². The molecule has 4 rings (SSSR count). The number of fused-ring (bicyclic) bond motifs is 3. The fourth-order valence-electron chi connectivity index (χ4n) is 2.50. The van der Waals surface area contributed by atoms with Crippen molar-refractivity contribution in [3.8, 4) is 0 Å². The van der Waals surface area contributed by atoms with Crippen molar-refractivity contribution in [3.05, 3.63) is 54.7 Å². The van der Waals surface area contributed by atoms with Gasteiger partial charge in [-0.05, 0) is 18.2 Å². The van der Waals surface area contributed by atoms with Gasteiger partial charge in [0.2, 0.25) is 5.91 Å². The summed E-state index contributed by atoms with van der Waals surface area (Å²) in [4.78, 5) is 11.4. The molecule has 0 aliphatic carbocycles. The second kappa shape index (κ2) is 4.13. The molecule has 3 aromatic rings. The highest BCUT2D eigenvalue weighted by Crippen LogP contribution is 2.31. The number of anilines is 1. The van der Waals surface area contributed by atoms with Gasteiger partial charge in [0, 0.05) is 29.5 Å². The van der Waals surface area contributed by atoms with Crippen LogP contribution >= 0.6 is 0 Å². The van der Waals surface area contributed by atoms with Gasteiger partial charge in [-0.3, -0.25) is 15.2 Å². The quantitative estimate of drug-likeness (QED) is 0.733. The van der Waals surface area contributed by atoms with E-state index in [2.05, 4.69) is 5.43 Å². The number of nitrogens with zero attached hydrogens (tertiary/aromatic N) is 1. The first-order valence-electron chi connectivity index (χ1n) is 6.48. The molecule has 0 bridgehead atoms. The molecule has 4 heteroatoms. The normalized spacial score (nSPS) is 15.0. The number of hydrogen-bond acceptors (Lipinski definition) is 3. The van der Waals surface area contributed by atoms with E-state index in [0.717, 1.165) is 27.6 Å². The highest BCUT2D eigenvalue weighted by Gasteiger charge is 2.13. The maximum atomic E-state index is 11.4. The van der Waals surface area contributed by atoms with Crippen molar-refractivity contribution < 1.29 is 9.21 Å². The fourth-order valence-corrected chi connectivity index (χ4v) is 2.50. The van der Waals surface area contributed by atoms with Crippen LogP contribution in [-0.4, -0.2) is 5.91 Å². The molecule has 0 saturated heterocycles. The van der Waals surface area contributed by atoms with Crippen LogP contribution in [0.2, 0.25) is 0 Å². The number of benzene rings is 2. The first-order valence-corrected chi connectivity index (χ1v) is 6.48. The molecule has 1 aliphatic rings. The topological polar surface area (TPSA) is 45.5 Å². The van der Waals surface area contributed by atoms with Crippen molar-refractivity contribution in [2.75, 3.05) is 5.01 Å². The zero-order valence-electron chi connectivity index (χ0n) is 10.7. The second-order valence-electron chi connectivity index (χ2n) is 4.77. The van der Waals surface area contributed by atoms with Crippen molar-refractivity contribution >= 4 is 33.5 Å². The summed E-state index contributed by atoms with van der Waals surface area (Å²) in [5.41, 5.74) is 5.36. The average Bonchev–Trinajstić information content (AvgIpc) is 2.85. The van der Waals surface area contributed by atoms with E-state index in [1.165, 1.54) is 0 Å². The Morgan fingerprint density at radius 3 is 2.80 bits per heavy atom. The number of carbonyl (C=O) groups excluding carboxylic acids is 1. The molecule has 1 amide bonds. The summed E-state index contributed by atoms with van der Waals surface area (Å²) in [6.45, 7) is 0. The minimum Gasteiger partial charge on any atom is -0.456 e. The van der Waals surface area contributed by atoms with E-state index < -0.39 is 0 Å². The van der Waals surface area contributed by atoms with Crippen LogP contribution in [0.25, 0.3) is 21.9 Å². The van der Waals surface area contributed by atoms with E-state index >= 15 is 0 Å². The van der Waals surface area contributed by atoms with Gasteiger partial charge in [-0.25, -0.2) is 0 Å². The molecule has 20 heavy (non-hydrogen) atoms. The van der Waals surface area contributed by atoms with Gasteiger partial charge >= 0.3 is 0 Å². The molecule has 1 aromatic heterocycles. The highest BCUT2D eigenvalue weighted by atomic mass is 16.3. The lowest BCUT2D eigenvalue weighted by Gasteiger charge is -2.23. The lowest BCUT2D eigenvalue weighted by atomic mass is 10.1. The van der Waals surface area contributed by atoms with E-state index in [9.17, 15) is 4.79 Å². The van der Waals surface area contributed by atoms with Crippen LogP contribution in [0, 0.1) is 0 Å². The minimum absolute atomic E-state index is 0.0165. The van der Waals surface area contributed by atoms with Gasteiger partial charge < -0.3 is 4.42 Å². The Morgan fingerprint density at radius 1 is 1.05 bits per heavy atom. The molecule has 2 heterocycles. The molecule has 2 aromatic carbocycles. The van der Waals surface area contributed by atoms with Crippen LogP contribution in [0.15, 0.2) is 59.2 Å². The predicted molar refractivity (Wildman–Crippen MR) is 78.1 cm³/mol. The van der Waals surface area contributed by atoms with Gasteiger partial charge in [-0.1, -0.05) is 24.3 Å². The summed E-state index contributed by atoms with van der Waals surface area (Å²) in [5, 5.41) is 3.89. The van der Waals surface area contributed by atoms with Crippen molar-refractivity contribution in [2.45, 2.75) is 6.42 Å². The number of hydrogen-bond donors (Lipinski definition) is 1. The van der Waals surface area contributed by atoms with Crippen LogP contribution in [0.4, 0.5) is 5.69 Å². The molecule has 0 fully saturated rings. The molecule has 0 spiro atoms. The third kappa shape index (κ3) is 1.66. The van der Waals surface area contributed by atoms with E-state index in [-0.39, 0.29) is 5.91 Å². The van der Waals surface area contributed by atoms with Crippen LogP contribution in [0.5, 0.6) is 0 Å². The van der Waals surface area contributed by atoms with Crippen molar-refractivity contribution in [3.63, 3.8) is 0 Å². The lowest BCUT2D eigenvalue weighted by Crippen LogP contribution is -2.40. The minimum atomic E-state index is -0.0165. The molecule has 0 atom stereocenters. The number of carbonyl (C=O) groups is 1. The highest BCUT2D eigenvalue weighted by molar-refractivity contribution is 6.05. The Kier molecular flexibility index (Phi) is 2.29. The summed E-state index contributed by atoms with van der Waals surface area (Å²) in [6, 6.07) is 13.9. The largest absolute Gasteiger partial charge is 0.456 e. The second-order valence-corrected chi connectivity index (χ2v) is 4.77. The third-order valence-corrected chi connectivity index (χ3v) is 3.44. The maximum absolute atomic E-state index is 11.4. The number of rotatable bonds is 1. The molecule has 4 nitrogen and oxygen atoms in total. The maximum Gasteiger partial charge on any atom is 0.242 e. The number of hydrazine groups is 1. The zero-order chi connectivity index (χ0) is 13.5. The van der Waals surface area contributed by atoms with E-state index in [4.69, 9.17) is 4.42 Å². The number of nitrogens with one attached hydrogen (secondary N) is 1. The van der Waals surface area contributed by atoms with Crippen LogP contribution in [-0.2, 0) is 4.79 Å². The summed E-state index contributed by atoms with van der Waals surface area (Å²) >= 11 is 0. The fraction of sp³-hybridized carbons (Fsp3) is 0.0625. The van der Waals surface area contributed by atoms with E-state index in [1.54, 1.807) is 5.01 Å². The lowest BCUT2D eigenvalue weighted by molar-refractivity contribution is -0.120. The Morgan fingerprint density at radius 2 is 1.90 bits per heavy atom. The average molecular weight is 264 g/mol. The number of furan rings is 1. The Balaban J connectivity index is 1.86. The molecule has 0 unspecified atom stereocenters. The van der Waals surface area contributed by atoms with E-state index in [0.29, 0.717) is 6.42 Å². The third-order valence-electron chi connectivity index (χ3n) is 3.44. The Labute approximate surface area is 115 Å². The van der Waals surface area contributed by atoms with Gasteiger partial charge in [-0.15, -0.1) is 0 Å². The van der Waals surface area contributed by atoms with Crippen LogP contribution in [0.3, 0.4) is 0 Å². The molecule has 1 aliphatic heterocycles. The molecular formula is C16H12N2O2. The van der Waals surface area contributed by atoms with Gasteiger partial charge in [0.15, 0.2) is 0 Å². The Hall–Kier alpha value is -2.75. The van der Waals surface area contributed by atoms with Crippen molar-refractivity contribution in [2.24, 2.45) is 0 Å². The summed E-state index contributed by atoms with van der Waals surface area (Å²) in [6.07, 6.45) is 4.11. The van der Waals surface area contributed by atoms with Crippen molar-refractivity contribution in [1.29, 1.82) is 0 Å². The molecular weight excluding hydrogens is 252 g/mol. The smallest absolute Gasteiger partial charge is 0.242 e. The van der Waals surface area contributed by atoms with Gasteiger partial charge in [-0.2, -0.15) is 0 Å². The molecule has 0 saturated carbocycles. The first-order chi connectivity index (χ1) is 9.81. The van der Waals surface area contributed by atoms with Crippen LogP contribution in [0.1, 0.15) is 6.42 Å².